The number of hydrogen-bond acceptors (Lipinski definition) is 4. The summed E-state index contributed by atoms with van der Waals surface area (Å²) in [6.45, 7) is 4.09. The molecule has 1 aromatic carbocycles. The minimum atomic E-state index is -3.29. The summed E-state index contributed by atoms with van der Waals surface area (Å²) in [7, 11) is -3.29. The number of ether oxygens (including phenoxy) is 1. The average Bonchev–Trinajstić information content (AvgIpc) is 2.58. The van der Waals surface area contributed by atoms with Gasteiger partial charge in [0.2, 0.25) is 0 Å². The summed E-state index contributed by atoms with van der Waals surface area (Å²) in [4.78, 5) is 0.188. The fourth-order valence-electron chi connectivity index (χ4n) is 2.29. The number of nitrogens with two attached hydrogens (primary N) is 1. The quantitative estimate of drug-likeness (QED) is 0.836. The Hall–Kier alpha value is -1.07. The third-order valence-electron chi connectivity index (χ3n) is 3.28. The molecule has 1 fully saturated rings. The van der Waals surface area contributed by atoms with Gasteiger partial charge in [-0.05, 0) is 44.4 Å². The molecule has 1 saturated heterocycles. The first kappa shape index (κ1) is 13.4. The van der Waals surface area contributed by atoms with Crippen molar-refractivity contribution in [2.45, 2.75) is 43.3 Å². The summed E-state index contributed by atoms with van der Waals surface area (Å²) < 4.78 is 29.2. The third kappa shape index (κ3) is 2.67. The van der Waals surface area contributed by atoms with E-state index in [1.165, 1.54) is 6.26 Å². The van der Waals surface area contributed by atoms with Crippen molar-refractivity contribution >= 4 is 15.5 Å². The average molecular weight is 269 g/mol. The van der Waals surface area contributed by atoms with E-state index >= 15 is 0 Å². The third-order valence-corrected chi connectivity index (χ3v) is 4.43. The van der Waals surface area contributed by atoms with E-state index in [1.807, 2.05) is 19.9 Å². The first-order chi connectivity index (χ1) is 8.19. The van der Waals surface area contributed by atoms with E-state index in [4.69, 9.17) is 10.5 Å². The first-order valence-corrected chi connectivity index (χ1v) is 7.85. The van der Waals surface area contributed by atoms with Crippen LogP contribution < -0.4 is 5.73 Å². The maximum atomic E-state index is 11.6. The molecule has 0 aromatic heterocycles. The lowest BCUT2D eigenvalue weighted by molar-refractivity contribution is -0.0164. The Labute approximate surface area is 108 Å². The number of rotatable bonds is 2. The van der Waals surface area contributed by atoms with Crippen LogP contribution in [0.5, 0.6) is 0 Å². The summed E-state index contributed by atoms with van der Waals surface area (Å²) in [6, 6.07) is 5.12. The highest BCUT2D eigenvalue weighted by atomic mass is 32.2. The smallest absolute Gasteiger partial charge is 0.177 e. The van der Waals surface area contributed by atoms with E-state index in [9.17, 15) is 8.42 Å². The summed E-state index contributed by atoms with van der Waals surface area (Å²) in [6.07, 6.45) is 3.00. The van der Waals surface area contributed by atoms with E-state index in [0.29, 0.717) is 5.69 Å². The van der Waals surface area contributed by atoms with Crippen LogP contribution in [-0.2, 0) is 14.6 Å². The summed E-state index contributed by atoms with van der Waals surface area (Å²) in [5.41, 5.74) is 6.74. The number of nitrogen functional groups attached to an aromatic ring is 1. The molecule has 100 valence electrons. The molecule has 2 N–H and O–H groups in total. The van der Waals surface area contributed by atoms with Gasteiger partial charge >= 0.3 is 0 Å². The van der Waals surface area contributed by atoms with Crippen LogP contribution in [0.2, 0.25) is 0 Å². The van der Waals surface area contributed by atoms with Crippen molar-refractivity contribution in [3.8, 4) is 0 Å². The van der Waals surface area contributed by atoms with Crippen molar-refractivity contribution in [1.29, 1.82) is 0 Å². The highest BCUT2D eigenvalue weighted by molar-refractivity contribution is 7.90. The van der Waals surface area contributed by atoms with E-state index < -0.39 is 9.84 Å². The van der Waals surface area contributed by atoms with Crippen LogP contribution in [0.25, 0.3) is 0 Å². The predicted octanol–water partition coefficient (Wildman–Crippen LogP) is 2.30. The number of anilines is 1. The standard InChI is InChI=1S/C13H19NO3S/c1-13(2)7-6-11(17-13)9-4-5-10(14)12(8-9)18(3,15)16/h4-5,8,11H,6-7,14H2,1-3H3/t11-/m0/s1. The zero-order valence-electron chi connectivity index (χ0n) is 10.9. The Bertz CT molecular complexity index is 564. The number of hydrogen-bond donors (Lipinski definition) is 1. The molecular formula is C13H19NO3S. The topological polar surface area (TPSA) is 69.4 Å². The Morgan fingerprint density at radius 3 is 2.56 bits per heavy atom. The number of sulfone groups is 1. The zero-order chi connectivity index (χ0) is 13.6. The molecule has 0 radical (unpaired) electrons. The molecule has 1 aliphatic rings. The molecule has 0 unspecified atom stereocenters. The lowest BCUT2D eigenvalue weighted by Gasteiger charge is -2.20. The molecule has 1 heterocycles. The molecule has 2 rings (SSSR count). The van der Waals surface area contributed by atoms with Crippen molar-refractivity contribution in [2.75, 3.05) is 12.0 Å². The van der Waals surface area contributed by atoms with Gasteiger partial charge in [0.25, 0.3) is 0 Å². The maximum absolute atomic E-state index is 11.6. The van der Waals surface area contributed by atoms with E-state index in [-0.39, 0.29) is 16.6 Å². The molecule has 5 heteroatoms. The summed E-state index contributed by atoms with van der Waals surface area (Å²) in [5.74, 6) is 0. The van der Waals surface area contributed by atoms with Crippen LogP contribution in [0.15, 0.2) is 23.1 Å². The van der Waals surface area contributed by atoms with Crippen molar-refractivity contribution in [1.82, 2.24) is 0 Å². The molecular weight excluding hydrogens is 250 g/mol. The Morgan fingerprint density at radius 2 is 2.06 bits per heavy atom. The molecule has 1 aliphatic heterocycles. The summed E-state index contributed by atoms with van der Waals surface area (Å²) in [5, 5.41) is 0. The highest BCUT2D eigenvalue weighted by Crippen LogP contribution is 2.39. The van der Waals surface area contributed by atoms with Gasteiger partial charge in [0.15, 0.2) is 9.84 Å². The molecule has 4 nitrogen and oxygen atoms in total. The molecule has 1 atom stereocenters. The van der Waals surface area contributed by atoms with Gasteiger partial charge in [-0.15, -0.1) is 0 Å². The lowest BCUT2D eigenvalue weighted by Crippen LogP contribution is -2.17. The SMILES string of the molecule is CC1(C)CC[C@@H](c2ccc(N)c(S(C)(=O)=O)c2)O1. The molecule has 0 saturated carbocycles. The monoisotopic (exact) mass is 269 g/mol. The maximum Gasteiger partial charge on any atom is 0.177 e. The van der Waals surface area contributed by atoms with Gasteiger partial charge in [0.1, 0.15) is 0 Å². The van der Waals surface area contributed by atoms with Gasteiger partial charge in [-0.3, -0.25) is 0 Å². The van der Waals surface area contributed by atoms with Gasteiger partial charge in [-0.2, -0.15) is 0 Å². The zero-order valence-corrected chi connectivity index (χ0v) is 11.8. The second-order valence-corrected chi connectivity index (χ2v) is 7.46. The Kier molecular flexibility index (Phi) is 3.15. The van der Waals surface area contributed by atoms with Crippen molar-refractivity contribution in [2.24, 2.45) is 0 Å². The Morgan fingerprint density at radius 1 is 1.39 bits per heavy atom. The highest BCUT2D eigenvalue weighted by Gasteiger charge is 2.33. The van der Waals surface area contributed by atoms with Crippen molar-refractivity contribution in [3.63, 3.8) is 0 Å². The fraction of sp³-hybridized carbons (Fsp3) is 0.538. The van der Waals surface area contributed by atoms with Gasteiger partial charge in [-0.25, -0.2) is 8.42 Å². The molecule has 0 bridgehead atoms. The second-order valence-electron chi connectivity index (χ2n) is 5.47. The van der Waals surface area contributed by atoms with Crippen LogP contribution in [0.3, 0.4) is 0 Å². The molecule has 1 aromatic rings. The van der Waals surface area contributed by atoms with Crippen LogP contribution in [0, 0.1) is 0 Å². The van der Waals surface area contributed by atoms with Crippen LogP contribution in [0.1, 0.15) is 38.4 Å². The van der Waals surface area contributed by atoms with Gasteiger partial charge in [0, 0.05) is 6.26 Å². The van der Waals surface area contributed by atoms with Crippen molar-refractivity contribution < 1.29 is 13.2 Å². The minimum absolute atomic E-state index is 0.0406. The van der Waals surface area contributed by atoms with Gasteiger partial charge in [0.05, 0.1) is 22.3 Å². The molecule has 18 heavy (non-hydrogen) atoms. The lowest BCUT2D eigenvalue weighted by atomic mass is 10.0. The number of benzene rings is 1. The van der Waals surface area contributed by atoms with Crippen LogP contribution in [0.4, 0.5) is 5.69 Å². The van der Waals surface area contributed by atoms with Gasteiger partial charge < -0.3 is 10.5 Å². The first-order valence-electron chi connectivity index (χ1n) is 5.96. The largest absolute Gasteiger partial charge is 0.398 e. The van der Waals surface area contributed by atoms with E-state index in [1.54, 1.807) is 12.1 Å². The molecule has 0 spiro atoms. The minimum Gasteiger partial charge on any atom is -0.398 e. The normalized spacial score (nSPS) is 23.2. The van der Waals surface area contributed by atoms with E-state index in [2.05, 4.69) is 0 Å². The predicted molar refractivity (Wildman–Crippen MR) is 71.1 cm³/mol. The second kappa shape index (κ2) is 4.24. The van der Waals surface area contributed by atoms with Crippen LogP contribution in [-0.4, -0.2) is 20.3 Å². The van der Waals surface area contributed by atoms with Crippen molar-refractivity contribution in [3.05, 3.63) is 23.8 Å². The van der Waals surface area contributed by atoms with E-state index in [0.717, 1.165) is 18.4 Å². The molecule has 0 amide bonds. The molecule has 0 aliphatic carbocycles. The Balaban J connectivity index is 2.37. The summed E-state index contributed by atoms with van der Waals surface area (Å²) >= 11 is 0. The fourth-order valence-corrected chi connectivity index (χ4v) is 3.14. The van der Waals surface area contributed by atoms with Crippen LogP contribution >= 0.6 is 0 Å². The van der Waals surface area contributed by atoms with Gasteiger partial charge in [-0.1, -0.05) is 6.07 Å².